The summed E-state index contributed by atoms with van der Waals surface area (Å²) >= 11 is 0. The third kappa shape index (κ3) is 3.00. The zero-order valence-corrected chi connectivity index (χ0v) is 10.2. The van der Waals surface area contributed by atoms with Crippen LogP contribution >= 0.6 is 0 Å². The molecule has 0 fully saturated rings. The molecule has 0 unspecified atom stereocenters. The molecule has 96 valence electrons. The number of benzene rings is 1. The SMILES string of the molecule is OCC(CO)(Cc1ccccc1)Cc1ccoc1. The van der Waals surface area contributed by atoms with E-state index >= 15 is 0 Å². The fourth-order valence-corrected chi connectivity index (χ4v) is 2.19. The van der Waals surface area contributed by atoms with Gasteiger partial charge in [-0.1, -0.05) is 30.3 Å². The Kier molecular flexibility index (Phi) is 4.18. The molecule has 0 saturated heterocycles. The molecule has 0 radical (unpaired) electrons. The lowest BCUT2D eigenvalue weighted by atomic mass is 9.78. The van der Waals surface area contributed by atoms with Gasteiger partial charge < -0.3 is 14.6 Å². The van der Waals surface area contributed by atoms with Crippen molar-refractivity contribution in [2.75, 3.05) is 13.2 Å². The van der Waals surface area contributed by atoms with E-state index in [0.717, 1.165) is 11.1 Å². The molecule has 3 nitrogen and oxygen atoms in total. The lowest BCUT2D eigenvalue weighted by molar-refractivity contribution is 0.0547. The molecule has 2 rings (SSSR count). The van der Waals surface area contributed by atoms with Gasteiger partial charge in [0.25, 0.3) is 0 Å². The summed E-state index contributed by atoms with van der Waals surface area (Å²) in [7, 11) is 0. The Hall–Kier alpha value is -1.58. The number of furan rings is 1. The second-order valence-electron chi connectivity index (χ2n) is 4.79. The van der Waals surface area contributed by atoms with Gasteiger partial charge in [-0.25, -0.2) is 0 Å². The predicted octanol–water partition coefficient (Wildman–Crippen LogP) is 2.04. The Morgan fingerprint density at radius 3 is 2.11 bits per heavy atom. The first-order chi connectivity index (χ1) is 8.78. The molecule has 0 saturated carbocycles. The zero-order valence-electron chi connectivity index (χ0n) is 10.2. The van der Waals surface area contributed by atoms with E-state index in [0.29, 0.717) is 12.8 Å². The molecule has 0 amide bonds. The molecular weight excluding hydrogens is 228 g/mol. The van der Waals surface area contributed by atoms with E-state index in [-0.39, 0.29) is 13.2 Å². The van der Waals surface area contributed by atoms with Gasteiger partial charge in [0.2, 0.25) is 0 Å². The molecule has 0 spiro atoms. The normalized spacial score (nSPS) is 11.7. The van der Waals surface area contributed by atoms with Crippen molar-refractivity contribution in [2.45, 2.75) is 12.8 Å². The number of hydrogen-bond acceptors (Lipinski definition) is 3. The van der Waals surface area contributed by atoms with Crippen LogP contribution in [0.3, 0.4) is 0 Å². The Balaban J connectivity index is 2.16. The van der Waals surface area contributed by atoms with Crippen LogP contribution in [0.5, 0.6) is 0 Å². The molecule has 0 aliphatic carbocycles. The molecule has 0 aliphatic rings. The maximum atomic E-state index is 9.65. The maximum Gasteiger partial charge on any atom is 0.0934 e. The van der Waals surface area contributed by atoms with E-state index in [2.05, 4.69) is 0 Å². The lowest BCUT2D eigenvalue weighted by Gasteiger charge is -2.29. The molecule has 2 N–H and O–H groups in total. The van der Waals surface area contributed by atoms with Gasteiger partial charge in [-0.15, -0.1) is 0 Å². The summed E-state index contributed by atoms with van der Waals surface area (Å²) in [5, 5.41) is 19.3. The van der Waals surface area contributed by atoms with Crippen LogP contribution in [0.1, 0.15) is 11.1 Å². The van der Waals surface area contributed by atoms with Crippen LogP contribution in [0.15, 0.2) is 53.3 Å². The van der Waals surface area contributed by atoms with Gasteiger partial charge >= 0.3 is 0 Å². The minimum Gasteiger partial charge on any atom is -0.472 e. The Morgan fingerprint density at radius 2 is 1.56 bits per heavy atom. The van der Waals surface area contributed by atoms with Gasteiger partial charge in [-0.05, 0) is 30.0 Å². The highest BCUT2D eigenvalue weighted by Gasteiger charge is 2.29. The fourth-order valence-electron chi connectivity index (χ4n) is 2.19. The van der Waals surface area contributed by atoms with Gasteiger partial charge in [0.15, 0.2) is 0 Å². The molecule has 1 aromatic heterocycles. The quantitative estimate of drug-likeness (QED) is 0.820. The third-order valence-corrected chi connectivity index (χ3v) is 3.25. The van der Waals surface area contributed by atoms with Gasteiger partial charge in [-0.3, -0.25) is 0 Å². The van der Waals surface area contributed by atoms with Crippen molar-refractivity contribution < 1.29 is 14.6 Å². The van der Waals surface area contributed by atoms with Crippen molar-refractivity contribution >= 4 is 0 Å². The van der Waals surface area contributed by atoms with Crippen LogP contribution < -0.4 is 0 Å². The van der Waals surface area contributed by atoms with Crippen molar-refractivity contribution in [3.05, 3.63) is 60.1 Å². The number of rotatable bonds is 6. The Morgan fingerprint density at radius 1 is 0.889 bits per heavy atom. The fraction of sp³-hybridized carbons (Fsp3) is 0.333. The van der Waals surface area contributed by atoms with E-state index in [1.54, 1.807) is 12.5 Å². The summed E-state index contributed by atoms with van der Waals surface area (Å²) in [6.07, 6.45) is 4.51. The second kappa shape index (κ2) is 5.85. The van der Waals surface area contributed by atoms with Gasteiger partial charge in [0.1, 0.15) is 0 Å². The first-order valence-corrected chi connectivity index (χ1v) is 6.05. The largest absolute Gasteiger partial charge is 0.472 e. The number of aliphatic hydroxyl groups is 2. The Labute approximate surface area is 107 Å². The number of hydrogen-bond donors (Lipinski definition) is 2. The molecule has 1 heterocycles. The topological polar surface area (TPSA) is 53.6 Å². The minimum absolute atomic E-state index is 0.0520. The molecule has 0 bridgehead atoms. The highest BCUT2D eigenvalue weighted by molar-refractivity contribution is 5.18. The van der Waals surface area contributed by atoms with E-state index < -0.39 is 5.41 Å². The van der Waals surface area contributed by atoms with Crippen molar-refractivity contribution in [1.29, 1.82) is 0 Å². The average Bonchev–Trinajstić information content (AvgIpc) is 2.92. The standard InChI is InChI=1S/C15H18O3/c16-11-15(12-17,9-14-6-7-18-10-14)8-13-4-2-1-3-5-13/h1-7,10,16-17H,8-9,11-12H2. The van der Waals surface area contributed by atoms with Crippen molar-refractivity contribution in [3.8, 4) is 0 Å². The van der Waals surface area contributed by atoms with Crippen LogP contribution in [-0.4, -0.2) is 23.4 Å². The highest BCUT2D eigenvalue weighted by Crippen LogP contribution is 2.27. The van der Waals surface area contributed by atoms with Gasteiger partial charge in [-0.2, -0.15) is 0 Å². The maximum absolute atomic E-state index is 9.65. The van der Waals surface area contributed by atoms with Gasteiger partial charge in [0.05, 0.1) is 25.7 Å². The second-order valence-corrected chi connectivity index (χ2v) is 4.79. The molecule has 3 heteroatoms. The zero-order chi connectivity index (χ0) is 12.8. The first-order valence-electron chi connectivity index (χ1n) is 6.05. The summed E-state index contributed by atoms with van der Waals surface area (Å²) in [4.78, 5) is 0. The molecule has 0 atom stereocenters. The number of aliphatic hydroxyl groups excluding tert-OH is 2. The predicted molar refractivity (Wildman–Crippen MR) is 69.2 cm³/mol. The van der Waals surface area contributed by atoms with E-state index in [4.69, 9.17) is 4.42 Å². The smallest absolute Gasteiger partial charge is 0.0934 e. The minimum atomic E-state index is -0.536. The summed E-state index contributed by atoms with van der Waals surface area (Å²) in [5.41, 5.74) is 1.57. The summed E-state index contributed by atoms with van der Waals surface area (Å²) in [6, 6.07) is 11.8. The summed E-state index contributed by atoms with van der Waals surface area (Å²) < 4.78 is 5.04. The summed E-state index contributed by atoms with van der Waals surface area (Å²) in [5.74, 6) is 0. The monoisotopic (exact) mass is 246 g/mol. The van der Waals surface area contributed by atoms with Crippen molar-refractivity contribution in [1.82, 2.24) is 0 Å². The third-order valence-electron chi connectivity index (χ3n) is 3.25. The van der Waals surface area contributed by atoms with Gasteiger partial charge in [0, 0.05) is 5.41 Å². The average molecular weight is 246 g/mol. The summed E-state index contributed by atoms with van der Waals surface area (Å²) in [6.45, 7) is -0.104. The van der Waals surface area contributed by atoms with E-state index in [9.17, 15) is 10.2 Å². The van der Waals surface area contributed by atoms with Crippen LogP contribution in [0.25, 0.3) is 0 Å². The molecular formula is C15H18O3. The van der Waals surface area contributed by atoms with E-state index in [1.165, 1.54) is 0 Å². The molecule has 18 heavy (non-hydrogen) atoms. The van der Waals surface area contributed by atoms with Crippen molar-refractivity contribution in [2.24, 2.45) is 5.41 Å². The van der Waals surface area contributed by atoms with Crippen LogP contribution in [0.4, 0.5) is 0 Å². The van der Waals surface area contributed by atoms with Crippen molar-refractivity contribution in [3.63, 3.8) is 0 Å². The van der Waals surface area contributed by atoms with Crippen LogP contribution in [-0.2, 0) is 12.8 Å². The van der Waals surface area contributed by atoms with Crippen LogP contribution in [0.2, 0.25) is 0 Å². The Bertz CT molecular complexity index is 444. The lowest BCUT2D eigenvalue weighted by Crippen LogP contribution is -2.34. The molecule has 2 aromatic rings. The van der Waals surface area contributed by atoms with Crippen LogP contribution in [0, 0.1) is 5.41 Å². The molecule has 1 aromatic carbocycles. The first kappa shape index (κ1) is 12.9. The van der Waals surface area contributed by atoms with E-state index in [1.807, 2.05) is 36.4 Å². The highest BCUT2D eigenvalue weighted by atomic mass is 16.3. The molecule has 0 aliphatic heterocycles.